The monoisotopic (exact) mass is 214 g/mol. The highest BCUT2D eigenvalue weighted by Gasteiger charge is 2.20. The van der Waals surface area contributed by atoms with E-state index in [1.165, 1.54) is 12.8 Å². The van der Waals surface area contributed by atoms with E-state index in [1.807, 2.05) is 0 Å². The average Bonchev–Trinajstić information content (AvgIpc) is 2.99. The second-order valence-corrected chi connectivity index (χ2v) is 4.44. The van der Waals surface area contributed by atoms with Crippen molar-refractivity contribution >= 4 is 5.91 Å². The van der Waals surface area contributed by atoms with Gasteiger partial charge in [0.25, 0.3) is 0 Å². The van der Waals surface area contributed by atoms with Gasteiger partial charge in [0.15, 0.2) is 0 Å². The lowest BCUT2D eigenvalue weighted by Crippen LogP contribution is -2.37. The third-order valence-electron chi connectivity index (χ3n) is 2.51. The van der Waals surface area contributed by atoms with Crippen LogP contribution in [0.1, 0.15) is 19.8 Å². The molecule has 0 saturated heterocycles. The Balaban J connectivity index is 1.92. The fraction of sp³-hybridized carbons (Fsp3) is 0.909. The number of nitrogens with one attached hydrogen (secondary N) is 2. The summed E-state index contributed by atoms with van der Waals surface area (Å²) in [5.74, 6) is 1.28. The first-order chi connectivity index (χ1) is 7.22. The highest BCUT2D eigenvalue weighted by Crippen LogP contribution is 2.27. The second-order valence-electron chi connectivity index (χ2n) is 4.44. The molecule has 88 valence electrons. The van der Waals surface area contributed by atoms with Gasteiger partial charge in [-0.05, 0) is 31.2 Å². The van der Waals surface area contributed by atoms with Gasteiger partial charge in [0.1, 0.15) is 0 Å². The maximum absolute atomic E-state index is 11.3. The molecule has 1 atom stereocenters. The van der Waals surface area contributed by atoms with Crippen LogP contribution in [0, 0.1) is 11.8 Å². The van der Waals surface area contributed by atoms with E-state index in [-0.39, 0.29) is 5.91 Å². The van der Waals surface area contributed by atoms with Crippen LogP contribution in [0.2, 0.25) is 0 Å². The van der Waals surface area contributed by atoms with Crippen molar-refractivity contribution in [2.45, 2.75) is 19.8 Å². The second kappa shape index (κ2) is 6.80. The summed E-state index contributed by atoms with van der Waals surface area (Å²) < 4.78 is 4.99. The molecule has 1 amide bonds. The van der Waals surface area contributed by atoms with Gasteiger partial charge in [-0.1, -0.05) is 6.92 Å². The lowest BCUT2D eigenvalue weighted by molar-refractivity contribution is -0.120. The zero-order chi connectivity index (χ0) is 11.1. The van der Waals surface area contributed by atoms with Crippen molar-refractivity contribution in [3.05, 3.63) is 0 Å². The van der Waals surface area contributed by atoms with Crippen molar-refractivity contribution in [2.75, 3.05) is 33.4 Å². The predicted molar refractivity (Wildman–Crippen MR) is 59.6 cm³/mol. The first kappa shape index (κ1) is 12.5. The van der Waals surface area contributed by atoms with E-state index in [2.05, 4.69) is 17.6 Å². The van der Waals surface area contributed by atoms with Crippen molar-refractivity contribution in [1.29, 1.82) is 0 Å². The van der Waals surface area contributed by atoms with Crippen LogP contribution in [-0.2, 0) is 9.53 Å². The van der Waals surface area contributed by atoms with Gasteiger partial charge in [0, 0.05) is 13.7 Å². The van der Waals surface area contributed by atoms with E-state index < -0.39 is 0 Å². The molecule has 1 fully saturated rings. The van der Waals surface area contributed by atoms with Gasteiger partial charge in [-0.3, -0.25) is 4.79 Å². The number of amides is 1. The van der Waals surface area contributed by atoms with E-state index in [0.29, 0.717) is 25.6 Å². The molecule has 4 nitrogen and oxygen atoms in total. The molecule has 1 rings (SSSR count). The summed E-state index contributed by atoms with van der Waals surface area (Å²) in [5.41, 5.74) is 0. The quantitative estimate of drug-likeness (QED) is 0.614. The standard InChI is InChI=1S/C11H22N2O2/c1-9(8-15-2)5-13-11(14)7-12-6-10-3-4-10/h9-10,12H,3-8H2,1-2H3,(H,13,14). The van der Waals surface area contributed by atoms with Crippen LogP contribution in [0.15, 0.2) is 0 Å². The number of ether oxygens (including phenoxy) is 1. The average molecular weight is 214 g/mol. The Morgan fingerprint density at radius 1 is 1.53 bits per heavy atom. The van der Waals surface area contributed by atoms with Crippen molar-refractivity contribution in [3.8, 4) is 0 Å². The smallest absolute Gasteiger partial charge is 0.233 e. The Kier molecular flexibility index (Phi) is 5.65. The van der Waals surface area contributed by atoms with E-state index in [0.717, 1.165) is 12.5 Å². The van der Waals surface area contributed by atoms with Gasteiger partial charge in [-0.25, -0.2) is 0 Å². The van der Waals surface area contributed by atoms with Crippen LogP contribution in [0.4, 0.5) is 0 Å². The maximum Gasteiger partial charge on any atom is 0.233 e. The lowest BCUT2D eigenvalue weighted by Gasteiger charge is -2.11. The van der Waals surface area contributed by atoms with Gasteiger partial charge in [0.05, 0.1) is 13.2 Å². The van der Waals surface area contributed by atoms with Gasteiger partial charge < -0.3 is 15.4 Å². The van der Waals surface area contributed by atoms with Crippen LogP contribution in [0.3, 0.4) is 0 Å². The summed E-state index contributed by atoms with van der Waals surface area (Å²) in [7, 11) is 1.68. The summed E-state index contributed by atoms with van der Waals surface area (Å²) in [6, 6.07) is 0. The number of hydrogen-bond acceptors (Lipinski definition) is 3. The number of hydrogen-bond donors (Lipinski definition) is 2. The Labute approximate surface area is 91.8 Å². The molecule has 0 spiro atoms. The molecule has 0 bridgehead atoms. The highest BCUT2D eigenvalue weighted by molar-refractivity contribution is 5.77. The third-order valence-corrected chi connectivity index (χ3v) is 2.51. The number of carbonyl (C=O) groups is 1. The van der Waals surface area contributed by atoms with Crippen molar-refractivity contribution in [1.82, 2.24) is 10.6 Å². The van der Waals surface area contributed by atoms with Crippen molar-refractivity contribution in [3.63, 3.8) is 0 Å². The highest BCUT2D eigenvalue weighted by atomic mass is 16.5. The Bertz CT molecular complexity index is 193. The first-order valence-electron chi connectivity index (χ1n) is 5.68. The first-order valence-corrected chi connectivity index (χ1v) is 5.68. The van der Waals surface area contributed by atoms with E-state index in [9.17, 15) is 4.79 Å². The maximum atomic E-state index is 11.3. The van der Waals surface area contributed by atoms with E-state index in [4.69, 9.17) is 4.74 Å². The molecule has 1 aliphatic rings. The molecular formula is C11H22N2O2. The Hall–Kier alpha value is -0.610. The molecule has 0 aliphatic heterocycles. The molecule has 0 aromatic heterocycles. The number of rotatable bonds is 8. The minimum Gasteiger partial charge on any atom is -0.384 e. The molecule has 0 radical (unpaired) electrons. The lowest BCUT2D eigenvalue weighted by atomic mass is 10.2. The summed E-state index contributed by atoms with van der Waals surface area (Å²) in [4.78, 5) is 11.3. The van der Waals surface area contributed by atoms with Gasteiger partial charge in [-0.2, -0.15) is 0 Å². The minimum atomic E-state index is 0.0820. The zero-order valence-electron chi connectivity index (χ0n) is 9.71. The van der Waals surface area contributed by atoms with Gasteiger partial charge in [0.2, 0.25) is 5.91 Å². The van der Waals surface area contributed by atoms with Gasteiger partial charge >= 0.3 is 0 Å². The zero-order valence-corrected chi connectivity index (χ0v) is 9.71. The molecule has 1 aliphatic carbocycles. The molecule has 4 heteroatoms. The van der Waals surface area contributed by atoms with Crippen LogP contribution in [0.25, 0.3) is 0 Å². The van der Waals surface area contributed by atoms with Crippen LogP contribution < -0.4 is 10.6 Å². The predicted octanol–water partition coefficient (Wildman–Crippen LogP) is 0.385. The van der Waals surface area contributed by atoms with Crippen molar-refractivity contribution in [2.24, 2.45) is 11.8 Å². The van der Waals surface area contributed by atoms with E-state index >= 15 is 0 Å². The van der Waals surface area contributed by atoms with Crippen LogP contribution >= 0.6 is 0 Å². The minimum absolute atomic E-state index is 0.0820. The largest absolute Gasteiger partial charge is 0.384 e. The van der Waals surface area contributed by atoms with Gasteiger partial charge in [-0.15, -0.1) is 0 Å². The summed E-state index contributed by atoms with van der Waals surface area (Å²) in [6.07, 6.45) is 2.64. The topological polar surface area (TPSA) is 50.4 Å². The molecule has 2 N–H and O–H groups in total. The molecule has 0 heterocycles. The molecular weight excluding hydrogens is 192 g/mol. The van der Waals surface area contributed by atoms with E-state index in [1.54, 1.807) is 7.11 Å². The normalized spacial score (nSPS) is 17.5. The fourth-order valence-electron chi connectivity index (χ4n) is 1.41. The summed E-state index contributed by atoms with van der Waals surface area (Å²) >= 11 is 0. The molecule has 15 heavy (non-hydrogen) atoms. The molecule has 0 aromatic rings. The Morgan fingerprint density at radius 2 is 2.27 bits per heavy atom. The molecule has 1 unspecified atom stereocenters. The van der Waals surface area contributed by atoms with Crippen LogP contribution in [0.5, 0.6) is 0 Å². The number of methoxy groups -OCH3 is 1. The SMILES string of the molecule is COCC(C)CNC(=O)CNCC1CC1. The molecule has 1 saturated carbocycles. The Morgan fingerprint density at radius 3 is 2.87 bits per heavy atom. The van der Waals surface area contributed by atoms with Crippen molar-refractivity contribution < 1.29 is 9.53 Å². The number of carbonyl (C=O) groups excluding carboxylic acids is 1. The summed E-state index contributed by atoms with van der Waals surface area (Å²) in [5, 5.41) is 6.04. The summed E-state index contributed by atoms with van der Waals surface area (Å²) in [6.45, 7) is 4.87. The molecule has 0 aromatic carbocycles. The third kappa shape index (κ3) is 6.47. The fourth-order valence-corrected chi connectivity index (χ4v) is 1.41. The van der Waals surface area contributed by atoms with Crippen LogP contribution in [-0.4, -0.2) is 39.3 Å².